The number of rotatable bonds is 6. The summed E-state index contributed by atoms with van der Waals surface area (Å²) in [4.78, 5) is 23.3. The lowest BCUT2D eigenvalue weighted by atomic mass is 9.94. The Kier molecular flexibility index (Phi) is 6.11. The maximum absolute atomic E-state index is 12.0. The lowest BCUT2D eigenvalue weighted by Crippen LogP contribution is -2.39. The molecule has 0 bridgehead atoms. The van der Waals surface area contributed by atoms with Crippen LogP contribution in [0.3, 0.4) is 0 Å². The third-order valence-electron chi connectivity index (χ3n) is 5.09. The molecule has 2 amide bonds. The van der Waals surface area contributed by atoms with Crippen LogP contribution in [0.4, 0.5) is 16.2 Å². The van der Waals surface area contributed by atoms with E-state index in [9.17, 15) is 4.79 Å². The van der Waals surface area contributed by atoms with E-state index < -0.39 is 0 Å². The molecule has 4 N–H and O–H groups in total. The van der Waals surface area contributed by atoms with Crippen molar-refractivity contribution in [2.75, 3.05) is 18.4 Å². The van der Waals surface area contributed by atoms with E-state index in [-0.39, 0.29) is 18.1 Å². The van der Waals surface area contributed by atoms with Gasteiger partial charge in [0.1, 0.15) is 11.9 Å². The zero-order chi connectivity index (χ0) is 21.1. The van der Waals surface area contributed by atoms with Crippen molar-refractivity contribution in [1.29, 1.82) is 0 Å². The molecule has 156 valence electrons. The Morgan fingerprint density at radius 2 is 1.90 bits per heavy atom. The van der Waals surface area contributed by atoms with E-state index in [2.05, 4.69) is 31.6 Å². The minimum absolute atomic E-state index is 0.0857. The second-order valence-electron chi connectivity index (χ2n) is 7.23. The first-order chi connectivity index (χ1) is 14.5. The molecule has 0 aliphatic carbocycles. The normalized spacial score (nSPS) is 19.1. The average molecular weight is 445 g/mol. The molecule has 2 aromatic carbocycles. The van der Waals surface area contributed by atoms with Crippen LogP contribution in [0.25, 0.3) is 0 Å². The minimum atomic E-state index is -0.290. The number of unbranched alkanes of at least 4 members (excludes halogenated alkanes) is 1. The number of hydrogen-bond acceptors (Lipinski definition) is 5. The fourth-order valence-electron chi connectivity index (χ4n) is 3.74. The van der Waals surface area contributed by atoms with Crippen LogP contribution in [0.5, 0.6) is 0 Å². The fourth-order valence-corrected chi connectivity index (χ4v) is 4.27. The lowest BCUT2D eigenvalue weighted by Gasteiger charge is -2.31. The number of urea groups is 1. The molecule has 0 saturated carbocycles. The summed E-state index contributed by atoms with van der Waals surface area (Å²) in [5.41, 5.74) is 8.74. The van der Waals surface area contributed by atoms with Crippen molar-refractivity contribution in [3.05, 3.63) is 58.1 Å². The van der Waals surface area contributed by atoms with Crippen LogP contribution < -0.4 is 16.4 Å². The van der Waals surface area contributed by atoms with Gasteiger partial charge in [0.25, 0.3) is 0 Å². The summed E-state index contributed by atoms with van der Waals surface area (Å²) < 4.78 is 0. The summed E-state index contributed by atoms with van der Waals surface area (Å²) in [6, 6.07) is 12.6. The first-order valence-electron chi connectivity index (χ1n) is 9.74. The number of nitrogens with zero attached hydrogens (tertiary/aromatic N) is 3. The third-order valence-corrected chi connectivity index (χ3v) is 5.53. The van der Waals surface area contributed by atoms with Gasteiger partial charge in [0.05, 0.1) is 18.1 Å². The standard InChI is InChI=1S/C21H22Cl2N6O/c22-13-9-14(23)11-15(10-13)27-21(30)25-7-3-4-8-29-12-26-18-19(29)16-5-1-2-6-17(16)28-20(18)24/h1-2,5-6,9-12,18-19H,3-4,7-8H2,(H2,24,28)(H2,25,27,30). The third kappa shape index (κ3) is 4.52. The molecule has 2 aliphatic rings. The minimum Gasteiger partial charge on any atom is -0.385 e. The van der Waals surface area contributed by atoms with Crippen molar-refractivity contribution in [2.45, 2.75) is 24.9 Å². The van der Waals surface area contributed by atoms with Gasteiger partial charge in [-0.1, -0.05) is 41.4 Å². The van der Waals surface area contributed by atoms with E-state index in [1.807, 2.05) is 24.5 Å². The van der Waals surface area contributed by atoms with E-state index in [0.717, 1.165) is 30.6 Å². The van der Waals surface area contributed by atoms with Crippen LogP contribution in [0, 0.1) is 0 Å². The molecule has 9 heteroatoms. The van der Waals surface area contributed by atoms with Crippen LogP contribution in [0.15, 0.2) is 52.4 Å². The molecule has 2 unspecified atom stereocenters. The largest absolute Gasteiger partial charge is 0.385 e. The van der Waals surface area contributed by atoms with Crippen LogP contribution in [0.1, 0.15) is 24.4 Å². The molecule has 0 aromatic heterocycles. The summed E-state index contributed by atoms with van der Waals surface area (Å²) >= 11 is 11.9. The van der Waals surface area contributed by atoms with E-state index in [0.29, 0.717) is 28.1 Å². The second kappa shape index (κ2) is 8.93. The SMILES string of the molecule is NC1=Nc2ccccc2C2C1N=CN2CCCCNC(=O)Nc1cc(Cl)cc(Cl)c1. The summed E-state index contributed by atoms with van der Waals surface area (Å²) in [5.74, 6) is 0.553. The van der Waals surface area contributed by atoms with Crippen LogP contribution in [-0.4, -0.2) is 42.2 Å². The summed E-state index contributed by atoms with van der Waals surface area (Å²) in [6.07, 6.45) is 3.59. The van der Waals surface area contributed by atoms with Crippen molar-refractivity contribution >= 4 is 52.8 Å². The number of fused-ring (bicyclic) bond motifs is 3. The van der Waals surface area contributed by atoms with Gasteiger partial charge in [-0.2, -0.15) is 0 Å². The summed E-state index contributed by atoms with van der Waals surface area (Å²) in [5, 5.41) is 6.52. The number of carbonyl (C=O) groups is 1. The molecule has 0 fully saturated rings. The molecule has 2 aliphatic heterocycles. The molecular weight excluding hydrogens is 423 g/mol. The lowest BCUT2D eigenvalue weighted by molar-refractivity contribution is 0.251. The zero-order valence-corrected chi connectivity index (χ0v) is 17.7. The van der Waals surface area contributed by atoms with Gasteiger partial charge >= 0.3 is 6.03 Å². The number of hydrogen-bond donors (Lipinski definition) is 3. The van der Waals surface area contributed by atoms with Gasteiger partial charge in [0.15, 0.2) is 0 Å². The van der Waals surface area contributed by atoms with E-state index in [4.69, 9.17) is 28.9 Å². The second-order valence-corrected chi connectivity index (χ2v) is 8.11. The van der Waals surface area contributed by atoms with Crippen molar-refractivity contribution in [3.8, 4) is 0 Å². The molecule has 2 aromatic rings. The average Bonchev–Trinajstić information content (AvgIpc) is 3.12. The van der Waals surface area contributed by atoms with Gasteiger partial charge in [0, 0.05) is 34.4 Å². The predicted octanol–water partition coefficient (Wildman–Crippen LogP) is 4.35. The number of anilines is 1. The highest BCUT2D eigenvalue weighted by Crippen LogP contribution is 2.39. The Morgan fingerprint density at radius 3 is 2.70 bits per heavy atom. The molecule has 0 radical (unpaired) electrons. The Balaban J connectivity index is 1.24. The van der Waals surface area contributed by atoms with Gasteiger partial charge in [-0.15, -0.1) is 0 Å². The fraction of sp³-hybridized carbons (Fsp3) is 0.286. The van der Waals surface area contributed by atoms with E-state index in [1.54, 1.807) is 18.2 Å². The Labute approximate surface area is 185 Å². The quantitative estimate of drug-likeness (QED) is 0.577. The van der Waals surface area contributed by atoms with Gasteiger partial charge < -0.3 is 21.3 Å². The number of benzene rings is 2. The molecule has 2 heterocycles. The van der Waals surface area contributed by atoms with Gasteiger partial charge in [-0.25, -0.2) is 9.79 Å². The number of aliphatic imine (C=N–C) groups is 2. The van der Waals surface area contributed by atoms with Crippen molar-refractivity contribution in [1.82, 2.24) is 10.2 Å². The highest BCUT2D eigenvalue weighted by molar-refractivity contribution is 6.35. The summed E-state index contributed by atoms with van der Waals surface area (Å²) in [7, 11) is 0. The maximum atomic E-state index is 12.0. The number of halogens is 2. The predicted molar refractivity (Wildman–Crippen MR) is 122 cm³/mol. The van der Waals surface area contributed by atoms with Crippen LogP contribution in [0.2, 0.25) is 10.0 Å². The molecule has 0 saturated heterocycles. The number of amides is 2. The van der Waals surface area contributed by atoms with Crippen molar-refractivity contribution in [2.24, 2.45) is 15.7 Å². The van der Waals surface area contributed by atoms with Crippen LogP contribution in [-0.2, 0) is 0 Å². The molecule has 4 rings (SSSR count). The van der Waals surface area contributed by atoms with Gasteiger partial charge in [-0.05, 0) is 37.1 Å². The monoisotopic (exact) mass is 444 g/mol. The number of nitrogens with two attached hydrogens (primary N) is 1. The zero-order valence-electron chi connectivity index (χ0n) is 16.2. The van der Waals surface area contributed by atoms with Gasteiger partial charge in [0.2, 0.25) is 0 Å². The molecular formula is C21H22Cl2N6O. The topological polar surface area (TPSA) is 95.1 Å². The smallest absolute Gasteiger partial charge is 0.319 e. The number of amidine groups is 1. The number of carbonyl (C=O) groups excluding carboxylic acids is 1. The molecule has 30 heavy (non-hydrogen) atoms. The van der Waals surface area contributed by atoms with Crippen LogP contribution >= 0.6 is 23.2 Å². The highest BCUT2D eigenvalue weighted by atomic mass is 35.5. The number of para-hydroxylation sites is 1. The Hall–Kier alpha value is -2.77. The van der Waals surface area contributed by atoms with Crippen molar-refractivity contribution in [3.63, 3.8) is 0 Å². The number of nitrogens with one attached hydrogen (secondary N) is 2. The van der Waals surface area contributed by atoms with E-state index in [1.165, 1.54) is 0 Å². The first kappa shape index (κ1) is 20.5. The molecule has 7 nitrogen and oxygen atoms in total. The Bertz CT molecular complexity index is 988. The first-order valence-corrected chi connectivity index (χ1v) is 10.5. The van der Waals surface area contributed by atoms with Crippen molar-refractivity contribution < 1.29 is 4.79 Å². The highest BCUT2D eigenvalue weighted by Gasteiger charge is 2.38. The maximum Gasteiger partial charge on any atom is 0.319 e. The van der Waals surface area contributed by atoms with E-state index >= 15 is 0 Å². The summed E-state index contributed by atoms with van der Waals surface area (Å²) in [6.45, 7) is 1.37. The van der Waals surface area contributed by atoms with Gasteiger partial charge in [-0.3, -0.25) is 4.99 Å². The molecule has 0 spiro atoms. The molecule has 2 atom stereocenters. The Morgan fingerprint density at radius 1 is 1.13 bits per heavy atom.